The molecule has 0 bridgehead atoms. The Balaban J connectivity index is 1.51. The van der Waals surface area contributed by atoms with E-state index >= 15 is 0 Å². The van der Waals surface area contributed by atoms with Crippen molar-refractivity contribution < 1.29 is 9.53 Å². The second kappa shape index (κ2) is 7.14. The van der Waals surface area contributed by atoms with Crippen LogP contribution in [0.3, 0.4) is 0 Å². The topological polar surface area (TPSA) is 95.1 Å². The van der Waals surface area contributed by atoms with Crippen molar-refractivity contribution in [1.82, 2.24) is 20.1 Å². The van der Waals surface area contributed by atoms with Gasteiger partial charge in [0.05, 0.1) is 18.9 Å². The number of rotatable bonds is 6. The zero-order chi connectivity index (χ0) is 16.9. The summed E-state index contributed by atoms with van der Waals surface area (Å²) in [5.74, 6) is 0.546. The third-order valence-electron chi connectivity index (χ3n) is 3.28. The monoisotopic (exact) mass is 343 g/mol. The number of nitrogens with one attached hydrogen (secondary N) is 1. The molecule has 0 aliphatic heterocycles. The molecule has 3 rings (SSSR count). The molecule has 3 N–H and O–H groups in total. The normalized spacial score (nSPS) is 10.5. The number of nitrogens with two attached hydrogens (primary N) is 1. The third-order valence-corrected chi connectivity index (χ3v) is 4.10. The van der Waals surface area contributed by atoms with Gasteiger partial charge in [-0.1, -0.05) is 23.5 Å². The summed E-state index contributed by atoms with van der Waals surface area (Å²) in [6.07, 6.45) is 5.22. The molecule has 0 unspecified atom stereocenters. The van der Waals surface area contributed by atoms with Crippen LogP contribution in [-0.2, 0) is 7.05 Å². The molecule has 0 fully saturated rings. The predicted octanol–water partition coefficient (Wildman–Crippen LogP) is 1.93. The maximum atomic E-state index is 11.8. The zero-order valence-corrected chi connectivity index (χ0v) is 13.9. The minimum atomic E-state index is -0.197. The highest BCUT2D eigenvalue weighted by atomic mass is 32.1. The van der Waals surface area contributed by atoms with Gasteiger partial charge in [0, 0.05) is 18.8 Å². The molecule has 124 valence electrons. The zero-order valence-electron chi connectivity index (χ0n) is 13.1. The molecule has 0 saturated heterocycles. The van der Waals surface area contributed by atoms with E-state index in [9.17, 15) is 4.79 Å². The number of carbonyl (C=O) groups is 1. The van der Waals surface area contributed by atoms with Gasteiger partial charge < -0.3 is 15.8 Å². The SMILES string of the molecule is Cn1cc(-c2cccc(OCCNC(=O)c3cnc(N)s3)c2)cn1. The first-order valence-electron chi connectivity index (χ1n) is 7.33. The standard InChI is InChI=1S/C16H17N5O2S/c1-21-10-12(8-20-21)11-3-2-4-13(7-11)23-6-5-18-15(22)14-9-19-16(17)24-14/h2-4,7-10H,5-6H2,1H3,(H2,17,19)(H,18,22). The molecule has 0 aliphatic carbocycles. The van der Waals surface area contributed by atoms with Crippen molar-refractivity contribution in [1.29, 1.82) is 0 Å². The highest BCUT2D eigenvalue weighted by Crippen LogP contribution is 2.23. The summed E-state index contributed by atoms with van der Waals surface area (Å²) in [5, 5.41) is 7.31. The molecule has 0 radical (unpaired) electrons. The summed E-state index contributed by atoms with van der Waals surface area (Å²) in [7, 11) is 1.88. The molecule has 2 heterocycles. The fourth-order valence-corrected chi connectivity index (χ4v) is 2.75. The lowest BCUT2D eigenvalue weighted by Crippen LogP contribution is -2.27. The van der Waals surface area contributed by atoms with Crippen molar-refractivity contribution in [2.75, 3.05) is 18.9 Å². The number of benzene rings is 1. The van der Waals surface area contributed by atoms with Gasteiger partial charge in [0.1, 0.15) is 17.2 Å². The number of thiazole rings is 1. The van der Waals surface area contributed by atoms with Crippen molar-refractivity contribution in [2.24, 2.45) is 7.05 Å². The van der Waals surface area contributed by atoms with Gasteiger partial charge >= 0.3 is 0 Å². The summed E-state index contributed by atoms with van der Waals surface area (Å²) in [4.78, 5) is 16.2. The maximum absolute atomic E-state index is 11.8. The molecule has 24 heavy (non-hydrogen) atoms. The number of anilines is 1. The first-order valence-corrected chi connectivity index (χ1v) is 8.15. The Labute approximate surface area is 143 Å². The first kappa shape index (κ1) is 16.0. The molecule has 0 saturated carbocycles. The fourth-order valence-electron chi connectivity index (χ4n) is 2.15. The van der Waals surface area contributed by atoms with Gasteiger partial charge in [-0.3, -0.25) is 9.48 Å². The van der Waals surface area contributed by atoms with Crippen LogP contribution in [0.5, 0.6) is 5.75 Å². The molecule has 3 aromatic rings. The van der Waals surface area contributed by atoms with Crippen LogP contribution in [0.15, 0.2) is 42.9 Å². The molecule has 2 aromatic heterocycles. The van der Waals surface area contributed by atoms with Gasteiger partial charge in [-0.15, -0.1) is 0 Å². The number of hydrogen-bond acceptors (Lipinski definition) is 6. The van der Waals surface area contributed by atoms with Gasteiger partial charge in [-0.2, -0.15) is 5.10 Å². The van der Waals surface area contributed by atoms with Crippen molar-refractivity contribution >= 4 is 22.4 Å². The summed E-state index contributed by atoms with van der Waals surface area (Å²) >= 11 is 1.16. The van der Waals surface area contributed by atoms with Gasteiger partial charge in [-0.05, 0) is 17.7 Å². The highest BCUT2D eigenvalue weighted by Gasteiger charge is 2.08. The summed E-state index contributed by atoms with van der Waals surface area (Å²) in [6, 6.07) is 7.75. The Bertz CT molecular complexity index is 842. The number of carbonyl (C=O) groups excluding carboxylic acids is 1. The molecule has 0 atom stereocenters. The summed E-state index contributed by atoms with van der Waals surface area (Å²) in [5.41, 5.74) is 7.57. The van der Waals surface area contributed by atoms with E-state index in [1.807, 2.05) is 37.5 Å². The number of hydrogen-bond donors (Lipinski definition) is 2. The van der Waals surface area contributed by atoms with Crippen LogP contribution in [-0.4, -0.2) is 33.8 Å². The molecule has 8 heteroatoms. The Kier molecular flexibility index (Phi) is 4.76. The first-order chi connectivity index (χ1) is 11.6. The van der Waals surface area contributed by atoms with Crippen LogP contribution in [0.25, 0.3) is 11.1 Å². The number of aromatic nitrogens is 3. The molecule has 7 nitrogen and oxygen atoms in total. The predicted molar refractivity (Wildman–Crippen MR) is 93.0 cm³/mol. The summed E-state index contributed by atoms with van der Waals surface area (Å²) in [6.45, 7) is 0.768. The van der Waals surface area contributed by atoms with Crippen LogP contribution >= 0.6 is 11.3 Å². The quantitative estimate of drug-likeness (QED) is 0.667. The molecule has 0 spiro atoms. The summed E-state index contributed by atoms with van der Waals surface area (Å²) < 4.78 is 7.44. The second-order valence-electron chi connectivity index (χ2n) is 5.10. The van der Waals surface area contributed by atoms with E-state index in [2.05, 4.69) is 15.4 Å². The third kappa shape index (κ3) is 3.90. The Morgan fingerprint density at radius 3 is 2.96 bits per heavy atom. The Hall–Kier alpha value is -2.87. The lowest BCUT2D eigenvalue weighted by Gasteiger charge is -2.08. The minimum Gasteiger partial charge on any atom is -0.492 e. The lowest BCUT2D eigenvalue weighted by molar-refractivity contribution is 0.0951. The van der Waals surface area contributed by atoms with E-state index < -0.39 is 0 Å². The number of aryl methyl sites for hydroxylation is 1. The van der Waals surface area contributed by atoms with E-state index in [0.29, 0.717) is 23.2 Å². The number of nitrogens with zero attached hydrogens (tertiary/aromatic N) is 3. The van der Waals surface area contributed by atoms with Crippen LogP contribution in [0, 0.1) is 0 Å². The Morgan fingerprint density at radius 2 is 2.25 bits per heavy atom. The van der Waals surface area contributed by atoms with Crippen molar-refractivity contribution in [3.8, 4) is 16.9 Å². The smallest absolute Gasteiger partial charge is 0.263 e. The maximum Gasteiger partial charge on any atom is 0.263 e. The van der Waals surface area contributed by atoms with Crippen LogP contribution in [0.2, 0.25) is 0 Å². The number of nitrogen functional groups attached to an aromatic ring is 1. The molecule has 1 aromatic carbocycles. The van der Waals surface area contributed by atoms with Gasteiger partial charge in [0.25, 0.3) is 5.91 Å². The van der Waals surface area contributed by atoms with Gasteiger partial charge in [-0.25, -0.2) is 4.98 Å². The Morgan fingerprint density at radius 1 is 1.38 bits per heavy atom. The van der Waals surface area contributed by atoms with Gasteiger partial charge in [0.15, 0.2) is 5.13 Å². The average molecular weight is 343 g/mol. The average Bonchev–Trinajstić information content (AvgIpc) is 3.20. The lowest BCUT2D eigenvalue weighted by atomic mass is 10.1. The number of ether oxygens (including phenoxy) is 1. The highest BCUT2D eigenvalue weighted by molar-refractivity contribution is 7.17. The van der Waals surface area contributed by atoms with E-state index in [-0.39, 0.29) is 5.91 Å². The van der Waals surface area contributed by atoms with Crippen molar-refractivity contribution in [3.63, 3.8) is 0 Å². The van der Waals surface area contributed by atoms with E-state index in [1.165, 1.54) is 6.20 Å². The van der Waals surface area contributed by atoms with Crippen LogP contribution < -0.4 is 15.8 Å². The van der Waals surface area contributed by atoms with Gasteiger partial charge in [0.2, 0.25) is 0 Å². The van der Waals surface area contributed by atoms with E-state index in [4.69, 9.17) is 10.5 Å². The largest absolute Gasteiger partial charge is 0.492 e. The van der Waals surface area contributed by atoms with Crippen molar-refractivity contribution in [3.05, 3.63) is 47.7 Å². The minimum absolute atomic E-state index is 0.197. The molecule has 1 amide bonds. The van der Waals surface area contributed by atoms with E-state index in [1.54, 1.807) is 10.9 Å². The van der Waals surface area contributed by atoms with Crippen molar-refractivity contribution in [2.45, 2.75) is 0 Å². The van der Waals surface area contributed by atoms with E-state index in [0.717, 1.165) is 28.2 Å². The number of amides is 1. The fraction of sp³-hybridized carbons (Fsp3) is 0.188. The van der Waals surface area contributed by atoms with Crippen LogP contribution in [0.1, 0.15) is 9.67 Å². The molecule has 0 aliphatic rings. The van der Waals surface area contributed by atoms with Crippen LogP contribution in [0.4, 0.5) is 5.13 Å². The second-order valence-corrected chi connectivity index (χ2v) is 6.16. The molecular formula is C16H17N5O2S. The molecular weight excluding hydrogens is 326 g/mol.